The van der Waals surface area contributed by atoms with Gasteiger partial charge in [-0.05, 0) is 25.7 Å². The molecule has 8 heteroatoms. The summed E-state index contributed by atoms with van der Waals surface area (Å²) in [5.41, 5.74) is 0. The molecule has 2 saturated heterocycles. The zero-order valence-corrected chi connectivity index (χ0v) is 12.4. The standard InChI is InChI=1S/C12H21N3O4S/c1-15(9-5-7-20(18,19)8-9)12(17)14-10-4-2-3-6-13-11(10)16/h9-10H,2-8H2,1H3,(H,13,16)(H,14,17)/t9-,10-/m0/s1. The van der Waals surface area contributed by atoms with Crippen molar-refractivity contribution in [1.29, 1.82) is 0 Å². The minimum atomic E-state index is -3.02. The summed E-state index contributed by atoms with van der Waals surface area (Å²) in [6, 6.07) is -1.20. The van der Waals surface area contributed by atoms with Gasteiger partial charge in [-0.25, -0.2) is 13.2 Å². The van der Waals surface area contributed by atoms with Gasteiger partial charge in [0.1, 0.15) is 6.04 Å². The lowest BCUT2D eigenvalue weighted by atomic mass is 10.1. The van der Waals surface area contributed by atoms with Gasteiger partial charge in [0.25, 0.3) is 0 Å². The van der Waals surface area contributed by atoms with Crippen molar-refractivity contribution < 1.29 is 18.0 Å². The molecule has 20 heavy (non-hydrogen) atoms. The first-order valence-corrected chi connectivity index (χ1v) is 8.72. The molecule has 2 atom stereocenters. The van der Waals surface area contributed by atoms with E-state index in [1.807, 2.05) is 0 Å². The quantitative estimate of drug-likeness (QED) is 0.718. The van der Waals surface area contributed by atoms with Crippen LogP contribution in [-0.4, -0.2) is 62.4 Å². The molecule has 2 aliphatic heterocycles. The van der Waals surface area contributed by atoms with E-state index < -0.39 is 15.9 Å². The summed E-state index contributed by atoms with van der Waals surface area (Å²) in [4.78, 5) is 25.3. The molecule has 114 valence electrons. The second kappa shape index (κ2) is 5.99. The van der Waals surface area contributed by atoms with Crippen LogP contribution in [0.2, 0.25) is 0 Å². The third kappa shape index (κ3) is 3.62. The number of amides is 3. The lowest BCUT2D eigenvalue weighted by molar-refractivity contribution is -0.122. The van der Waals surface area contributed by atoms with Gasteiger partial charge in [-0.3, -0.25) is 4.79 Å². The van der Waals surface area contributed by atoms with E-state index in [-0.39, 0.29) is 29.5 Å². The SMILES string of the molecule is CN(C(=O)N[C@H]1CCCCNC1=O)[C@H]1CCS(=O)(=O)C1. The van der Waals surface area contributed by atoms with Crippen molar-refractivity contribution in [3.63, 3.8) is 0 Å². The van der Waals surface area contributed by atoms with Crippen LogP contribution in [0, 0.1) is 0 Å². The Kier molecular flexibility index (Phi) is 4.52. The first kappa shape index (κ1) is 15.1. The Morgan fingerprint density at radius 1 is 1.35 bits per heavy atom. The fraction of sp³-hybridized carbons (Fsp3) is 0.833. The molecule has 0 spiro atoms. The second-order valence-electron chi connectivity index (χ2n) is 5.46. The van der Waals surface area contributed by atoms with Crippen LogP contribution in [0.1, 0.15) is 25.7 Å². The second-order valence-corrected chi connectivity index (χ2v) is 7.69. The van der Waals surface area contributed by atoms with Gasteiger partial charge in [-0.1, -0.05) is 0 Å². The van der Waals surface area contributed by atoms with E-state index in [4.69, 9.17) is 0 Å². The molecule has 2 rings (SSSR count). The highest BCUT2D eigenvalue weighted by Gasteiger charge is 2.34. The monoisotopic (exact) mass is 303 g/mol. The van der Waals surface area contributed by atoms with E-state index in [0.717, 1.165) is 12.8 Å². The van der Waals surface area contributed by atoms with Crippen molar-refractivity contribution >= 4 is 21.8 Å². The molecule has 3 amide bonds. The summed E-state index contributed by atoms with van der Waals surface area (Å²) < 4.78 is 22.9. The predicted octanol–water partition coefficient (Wildman–Crippen LogP) is -0.516. The van der Waals surface area contributed by atoms with Crippen LogP contribution in [0.15, 0.2) is 0 Å². The largest absolute Gasteiger partial charge is 0.354 e. The summed E-state index contributed by atoms with van der Waals surface area (Å²) in [7, 11) is -1.45. The lowest BCUT2D eigenvalue weighted by Crippen LogP contribution is -2.52. The van der Waals surface area contributed by atoms with Crippen LogP contribution >= 0.6 is 0 Å². The summed E-state index contributed by atoms with van der Waals surface area (Å²) >= 11 is 0. The zero-order chi connectivity index (χ0) is 14.8. The molecule has 2 heterocycles. The number of rotatable bonds is 2. The van der Waals surface area contributed by atoms with Crippen molar-refractivity contribution in [2.24, 2.45) is 0 Å². The van der Waals surface area contributed by atoms with E-state index in [1.54, 1.807) is 7.05 Å². The first-order valence-electron chi connectivity index (χ1n) is 6.90. The smallest absolute Gasteiger partial charge is 0.318 e. The molecule has 0 radical (unpaired) electrons. The summed E-state index contributed by atoms with van der Waals surface area (Å²) in [5, 5.41) is 5.45. The molecule has 0 aliphatic carbocycles. The van der Waals surface area contributed by atoms with Crippen LogP contribution in [0.5, 0.6) is 0 Å². The highest BCUT2D eigenvalue weighted by molar-refractivity contribution is 7.91. The topological polar surface area (TPSA) is 95.6 Å². The van der Waals surface area contributed by atoms with Gasteiger partial charge in [0, 0.05) is 19.6 Å². The first-order chi connectivity index (χ1) is 9.39. The number of sulfone groups is 1. The highest BCUT2D eigenvalue weighted by atomic mass is 32.2. The molecular formula is C12H21N3O4S. The third-order valence-corrected chi connectivity index (χ3v) is 5.66. The third-order valence-electron chi connectivity index (χ3n) is 3.91. The van der Waals surface area contributed by atoms with Gasteiger partial charge in [0.2, 0.25) is 5.91 Å². The van der Waals surface area contributed by atoms with Crippen molar-refractivity contribution in [2.75, 3.05) is 25.1 Å². The average Bonchev–Trinajstić information content (AvgIpc) is 2.63. The molecule has 0 aromatic heterocycles. The van der Waals surface area contributed by atoms with Crippen LogP contribution in [0.3, 0.4) is 0 Å². The van der Waals surface area contributed by atoms with Gasteiger partial charge in [0.05, 0.1) is 11.5 Å². The Labute approximate surface area is 119 Å². The normalized spacial score (nSPS) is 29.4. The van der Waals surface area contributed by atoms with Crippen LogP contribution in [-0.2, 0) is 14.6 Å². The van der Waals surface area contributed by atoms with E-state index >= 15 is 0 Å². The van der Waals surface area contributed by atoms with Crippen molar-refractivity contribution in [3.05, 3.63) is 0 Å². The van der Waals surface area contributed by atoms with E-state index in [2.05, 4.69) is 10.6 Å². The number of hydrogen-bond donors (Lipinski definition) is 2. The maximum absolute atomic E-state index is 12.1. The molecule has 2 N–H and O–H groups in total. The molecule has 0 aromatic rings. The molecule has 2 fully saturated rings. The van der Waals surface area contributed by atoms with Gasteiger partial charge < -0.3 is 15.5 Å². The van der Waals surface area contributed by atoms with Crippen molar-refractivity contribution in [2.45, 2.75) is 37.8 Å². The Hall–Kier alpha value is -1.31. The molecule has 0 aromatic carbocycles. The molecular weight excluding hydrogens is 282 g/mol. The van der Waals surface area contributed by atoms with E-state index in [9.17, 15) is 18.0 Å². The van der Waals surface area contributed by atoms with Crippen LogP contribution in [0.4, 0.5) is 4.79 Å². The minimum Gasteiger partial charge on any atom is -0.354 e. The zero-order valence-electron chi connectivity index (χ0n) is 11.6. The summed E-state index contributed by atoms with van der Waals surface area (Å²) in [6.45, 7) is 0.641. The van der Waals surface area contributed by atoms with Gasteiger partial charge in [-0.2, -0.15) is 0 Å². The maximum atomic E-state index is 12.1. The number of carbonyl (C=O) groups is 2. The predicted molar refractivity (Wildman–Crippen MR) is 74.0 cm³/mol. The van der Waals surface area contributed by atoms with E-state index in [0.29, 0.717) is 19.4 Å². The van der Waals surface area contributed by atoms with Gasteiger partial charge >= 0.3 is 6.03 Å². The average molecular weight is 303 g/mol. The fourth-order valence-corrected chi connectivity index (χ4v) is 4.35. The van der Waals surface area contributed by atoms with Crippen LogP contribution < -0.4 is 10.6 Å². The van der Waals surface area contributed by atoms with Crippen LogP contribution in [0.25, 0.3) is 0 Å². The van der Waals surface area contributed by atoms with Gasteiger partial charge in [-0.15, -0.1) is 0 Å². The molecule has 0 unspecified atom stereocenters. The minimum absolute atomic E-state index is 0.00772. The highest BCUT2D eigenvalue weighted by Crippen LogP contribution is 2.17. The van der Waals surface area contributed by atoms with Crippen molar-refractivity contribution in [3.8, 4) is 0 Å². The molecule has 7 nitrogen and oxygen atoms in total. The van der Waals surface area contributed by atoms with Crippen molar-refractivity contribution in [1.82, 2.24) is 15.5 Å². The lowest BCUT2D eigenvalue weighted by Gasteiger charge is -2.26. The molecule has 0 bridgehead atoms. The molecule has 0 saturated carbocycles. The number of nitrogens with zero attached hydrogens (tertiary/aromatic N) is 1. The van der Waals surface area contributed by atoms with E-state index in [1.165, 1.54) is 4.90 Å². The summed E-state index contributed by atoms with van der Waals surface area (Å²) in [5.74, 6) is -0.0317. The Bertz CT molecular complexity index is 491. The number of hydrogen-bond acceptors (Lipinski definition) is 4. The number of nitrogens with one attached hydrogen (secondary N) is 2. The Morgan fingerprint density at radius 3 is 2.75 bits per heavy atom. The maximum Gasteiger partial charge on any atom is 0.318 e. The van der Waals surface area contributed by atoms with Gasteiger partial charge in [0.15, 0.2) is 9.84 Å². The Balaban J connectivity index is 1.92. The Morgan fingerprint density at radius 2 is 2.10 bits per heavy atom. The number of carbonyl (C=O) groups excluding carboxylic acids is 2. The molecule has 2 aliphatic rings. The number of urea groups is 1. The fourth-order valence-electron chi connectivity index (χ4n) is 2.57. The summed E-state index contributed by atoms with van der Waals surface area (Å²) in [6.07, 6.45) is 2.87.